The van der Waals surface area contributed by atoms with Gasteiger partial charge in [0.1, 0.15) is 17.2 Å². The molecular weight excluding hydrogens is 370 g/mol. The van der Waals surface area contributed by atoms with Crippen LogP contribution in [0.4, 0.5) is 4.79 Å². The summed E-state index contributed by atoms with van der Waals surface area (Å²) in [5.74, 6) is 0.633. The summed E-state index contributed by atoms with van der Waals surface area (Å²) in [4.78, 5) is 16.5. The molecule has 0 saturated carbocycles. The van der Waals surface area contributed by atoms with Gasteiger partial charge in [-0.05, 0) is 45.9 Å². The molecule has 0 spiro atoms. The first kappa shape index (κ1) is 20.7. The zero-order valence-corrected chi connectivity index (χ0v) is 17.5. The zero-order valence-electron chi connectivity index (χ0n) is 17.5. The van der Waals surface area contributed by atoms with Crippen LogP contribution in [0.5, 0.6) is 5.75 Å². The van der Waals surface area contributed by atoms with E-state index in [1.54, 1.807) is 29.2 Å². The van der Waals surface area contributed by atoms with Crippen molar-refractivity contribution >= 4 is 11.8 Å². The molecule has 2 aliphatic heterocycles. The van der Waals surface area contributed by atoms with E-state index in [1.807, 2.05) is 26.8 Å². The number of phenols is 1. The Labute approximate surface area is 171 Å². The van der Waals surface area contributed by atoms with E-state index in [9.17, 15) is 9.90 Å². The molecule has 0 bridgehead atoms. The minimum atomic E-state index is -0.537. The van der Waals surface area contributed by atoms with Gasteiger partial charge in [-0.1, -0.05) is 12.1 Å². The number of amides is 1. The molecule has 1 unspecified atom stereocenters. The van der Waals surface area contributed by atoms with Gasteiger partial charge < -0.3 is 36.4 Å². The maximum atomic E-state index is 12.5. The fraction of sp³-hybridized carbons (Fsp3) is 0.476. The molecule has 2 heterocycles. The third-order valence-corrected chi connectivity index (χ3v) is 5.16. The van der Waals surface area contributed by atoms with Crippen molar-refractivity contribution < 1.29 is 14.6 Å². The molecule has 158 valence electrons. The van der Waals surface area contributed by atoms with Crippen LogP contribution in [-0.2, 0) is 4.74 Å². The number of allylic oxidation sites excluding steroid dienone is 1. The minimum absolute atomic E-state index is 0.113. The summed E-state index contributed by atoms with van der Waals surface area (Å²) in [7, 11) is 0. The molecule has 8 nitrogen and oxygen atoms in total. The van der Waals surface area contributed by atoms with Gasteiger partial charge in [-0.2, -0.15) is 0 Å². The highest BCUT2D eigenvalue weighted by Gasteiger charge is 2.43. The van der Waals surface area contributed by atoms with Gasteiger partial charge in [-0.3, -0.25) is 0 Å². The fourth-order valence-corrected chi connectivity index (χ4v) is 3.73. The van der Waals surface area contributed by atoms with Crippen LogP contribution in [-0.4, -0.2) is 58.3 Å². The predicted molar refractivity (Wildman–Crippen MR) is 112 cm³/mol. The molecule has 1 fully saturated rings. The number of hydrogen-bond donors (Lipinski definition) is 4. The maximum Gasteiger partial charge on any atom is 0.410 e. The van der Waals surface area contributed by atoms with Gasteiger partial charge >= 0.3 is 6.09 Å². The van der Waals surface area contributed by atoms with Crippen molar-refractivity contribution in [2.24, 2.45) is 11.5 Å². The third kappa shape index (κ3) is 4.36. The van der Waals surface area contributed by atoms with Crippen molar-refractivity contribution in [2.75, 3.05) is 26.2 Å². The molecule has 0 radical (unpaired) electrons. The highest BCUT2D eigenvalue weighted by atomic mass is 16.6. The molecular formula is C21H31N5O3. The topological polar surface area (TPSA) is 117 Å². The van der Waals surface area contributed by atoms with Crippen LogP contribution < -0.4 is 16.8 Å². The average molecular weight is 402 g/mol. The average Bonchev–Trinajstić information content (AvgIpc) is 2.62. The number of nitrogens with two attached hydrogens (primary N) is 2. The van der Waals surface area contributed by atoms with E-state index < -0.39 is 5.60 Å². The van der Waals surface area contributed by atoms with Crippen molar-refractivity contribution in [3.05, 3.63) is 47.4 Å². The van der Waals surface area contributed by atoms with E-state index >= 15 is 0 Å². The summed E-state index contributed by atoms with van der Waals surface area (Å²) in [5.41, 5.74) is 13.3. The van der Waals surface area contributed by atoms with Crippen LogP contribution in [0.1, 0.15) is 33.3 Å². The van der Waals surface area contributed by atoms with Crippen LogP contribution in [0, 0.1) is 0 Å². The molecule has 8 heteroatoms. The summed E-state index contributed by atoms with van der Waals surface area (Å²) in [6.45, 7) is 9.86. The van der Waals surface area contributed by atoms with Crippen molar-refractivity contribution in [3.63, 3.8) is 0 Å². The van der Waals surface area contributed by atoms with Crippen LogP contribution in [0.2, 0.25) is 0 Å². The second kappa shape index (κ2) is 7.42. The number of fused-ring (bicyclic) bond motifs is 1. The molecule has 2 aliphatic rings. The lowest BCUT2D eigenvalue weighted by Crippen LogP contribution is -2.67. The van der Waals surface area contributed by atoms with Crippen LogP contribution in [0.15, 0.2) is 41.9 Å². The SMILES string of the molecule is CC(C)(C)OC(=O)N1CCN2C(/C=C(\N)c3ccccc3O)=C(N)NCC2(C)C1. The van der Waals surface area contributed by atoms with E-state index in [0.717, 1.165) is 5.70 Å². The Morgan fingerprint density at radius 3 is 2.66 bits per heavy atom. The first-order valence-electron chi connectivity index (χ1n) is 9.75. The predicted octanol–water partition coefficient (Wildman–Crippen LogP) is 1.73. The van der Waals surface area contributed by atoms with Crippen molar-refractivity contribution in [2.45, 2.75) is 38.8 Å². The Balaban J connectivity index is 1.85. The largest absolute Gasteiger partial charge is 0.507 e. The number of nitrogens with zero attached hydrogens (tertiary/aromatic N) is 2. The van der Waals surface area contributed by atoms with Gasteiger partial charge in [0.25, 0.3) is 0 Å². The van der Waals surface area contributed by atoms with Gasteiger partial charge in [-0.15, -0.1) is 0 Å². The smallest absolute Gasteiger partial charge is 0.410 e. The number of para-hydroxylation sites is 1. The second-order valence-corrected chi connectivity index (χ2v) is 8.82. The Kier molecular flexibility index (Phi) is 5.30. The van der Waals surface area contributed by atoms with E-state index in [0.29, 0.717) is 43.3 Å². The molecule has 1 atom stereocenters. The number of phenolic OH excluding ortho intramolecular Hbond substituents is 1. The molecule has 0 aliphatic carbocycles. The Morgan fingerprint density at radius 2 is 2.00 bits per heavy atom. The summed E-state index contributed by atoms with van der Waals surface area (Å²) in [5, 5.41) is 13.3. The van der Waals surface area contributed by atoms with E-state index in [4.69, 9.17) is 16.2 Å². The molecule has 3 rings (SSSR count). The van der Waals surface area contributed by atoms with E-state index in [-0.39, 0.29) is 17.4 Å². The summed E-state index contributed by atoms with van der Waals surface area (Å²) < 4.78 is 5.54. The Bertz CT molecular complexity index is 858. The first-order chi connectivity index (χ1) is 13.5. The number of rotatable bonds is 2. The van der Waals surface area contributed by atoms with Crippen LogP contribution >= 0.6 is 0 Å². The number of carbonyl (C=O) groups excluding carboxylic acids is 1. The minimum Gasteiger partial charge on any atom is -0.507 e. The fourth-order valence-electron chi connectivity index (χ4n) is 3.73. The number of hydrogen-bond acceptors (Lipinski definition) is 7. The van der Waals surface area contributed by atoms with Crippen LogP contribution in [0.3, 0.4) is 0 Å². The summed E-state index contributed by atoms with van der Waals surface area (Å²) in [6, 6.07) is 6.91. The highest BCUT2D eigenvalue weighted by Crippen LogP contribution is 2.32. The molecule has 6 N–H and O–H groups in total. The van der Waals surface area contributed by atoms with Crippen molar-refractivity contribution in [1.29, 1.82) is 0 Å². The van der Waals surface area contributed by atoms with Gasteiger partial charge in [0.05, 0.1) is 11.2 Å². The first-order valence-corrected chi connectivity index (χ1v) is 9.75. The normalized spacial score (nSPS) is 22.8. The number of benzene rings is 1. The molecule has 1 saturated heterocycles. The Hall–Kier alpha value is -3.03. The molecule has 0 aromatic heterocycles. The number of carbonyl (C=O) groups is 1. The van der Waals surface area contributed by atoms with Crippen molar-refractivity contribution in [1.82, 2.24) is 15.1 Å². The van der Waals surface area contributed by atoms with Crippen molar-refractivity contribution in [3.8, 4) is 5.75 Å². The lowest BCUT2D eigenvalue weighted by atomic mass is 9.92. The highest BCUT2D eigenvalue weighted by molar-refractivity contribution is 5.70. The third-order valence-electron chi connectivity index (χ3n) is 5.16. The lowest BCUT2D eigenvalue weighted by molar-refractivity contribution is -0.0115. The Morgan fingerprint density at radius 1 is 1.31 bits per heavy atom. The van der Waals surface area contributed by atoms with Gasteiger partial charge in [-0.25, -0.2) is 4.79 Å². The van der Waals surface area contributed by atoms with Gasteiger partial charge in [0, 0.05) is 37.4 Å². The maximum absolute atomic E-state index is 12.5. The molecule has 1 aromatic rings. The quantitative estimate of drug-likeness (QED) is 0.596. The van der Waals surface area contributed by atoms with Crippen LogP contribution in [0.25, 0.3) is 5.70 Å². The lowest BCUT2D eigenvalue weighted by Gasteiger charge is -2.53. The number of piperazine rings is 1. The summed E-state index contributed by atoms with van der Waals surface area (Å²) >= 11 is 0. The molecule has 1 aromatic carbocycles. The monoisotopic (exact) mass is 401 g/mol. The van der Waals surface area contributed by atoms with E-state index in [1.165, 1.54) is 0 Å². The molecule has 29 heavy (non-hydrogen) atoms. The number of aromatic hydroxyl groups is 1. The zero-order chi connectivity index (χ0) is 21.4. The molecule has 1 amide bonds. The standard InChI is InChI=1S/C21H31N5O3/c1-20(2,3)29-19(28)25-9-10-26-16(18(23)24-12-21(26,4)13-25)11-15(22)14-7-5-6-8-17(14)27/h5-8,11,24,27H,9-10,12-13,22-23H2,1-4H3/b15-11-. The van der Waals surface area contributed by atoms with E-state index in [2.05, 4.69) is 17.1 Å². The number of ether oxygens (including phenoxy) is 1. The van der Waals surface area contributed by atoms with Gasteiger partial charge in [0.15, 0.2) is 0 Å². The second-order valence-electron chi connectivity index (χ2n) is 8.82. The van der Waals surface area contributed by atoms with Gasteiger partial charge in [0.2, 0.25) is 0 Å². The summed E-state index contributed by atoms with van der Waals surface area (Å²) in [6.07, 6.45) is 1.46. The number of nitrogens with one attached hydrogen (secondary N) is 1.